The largest absolute Gasteiger partial charge is 0.352 e. The van der Waals surface area contributed by atoms with Gasteiger partial charge in [0.1, 0.15) is 6.54 Å². The summed E-state index contributed by atoms with van der Waals surface area (Å²) in [5.41, 5.74) is 0.550. The molecule has 1 saturated carbocycles. The van der Waals surface area contributed by atoms with Gasteiger partial charge in [0, 0.05) is 37.9 Å². The van der Waals surface area contributed by atoms with E-state index in [4.69, 9.17) is 0 Å². The van der Waals surface area contributed by atoms with Crippen LogP contribution in [0.4, 0.5) is 0 Å². The molecule has 2 amide bonds. The zero-order chi connectivity index (χ0) is 16.9. The molecule has 0 spiro atoms. The molecule has 1 atom stereocenters. The Kier molecular flexibility index (Phi) is 5.50. The molecule has 0 bridgehead atoms. The molecule has 132 valence electrons. The smallest absolute Gasteiger partial charge is 0.257 e. The third-order valence-corrected chi connectivity index (χ3v) is 4.92. The lowest BCUT2D eigenvalue weighted by molar-refractivity contribution is -0.122. The van der Waals surface area contributed by atoms with E-state index in [0.717, 1.165) is 25.9 Å². The van der Waals surface area contributed by atoms with Crippen LogP contribution in [0.15, 0.2) is 12.4 Å². The highest BCUT2D eigenvalue weighted by Crippen LogP contribution is 2.17. The van der Waals surface area contributed by atoms with Crippen molar-refractivity contribution in [1.29, 1.82) is 0 Å². The molecule has 2 N–H and O–H groups in total. The topological polar surface area (TPSA) is 79.3 Å². The summed E-state index contributed by atoms with van der Waals surface area (Å²) in [5, 5.41) is 10.5. The Hall–Kier alpha value is -1.89. The molecular formula is C17H27N5O2. The minimum Gasteiger partial charge on any atom is -0.352 e. The van der Waals surface area contributed by atoms with Gasteiger partial charge in [-0.25, -0.2) is 0 Å². The zero-order valence-corrected chi connectivity index (χ0v) is 14.3. The van der Waals surface area contributed by atoms with Gasteiger partial charge in [0.15, 0.2) is 0 Å². The van der Waals surface area contributed by atoms with E-state index in [2.05, 4.69) is 15.7 Å². The average Bonchev–Trinajstić information content (AvgIpc) is 3.04. The molecule has 3 rings (SSSR count). The number of nitrogens with zero attached hydrogens (tertiary/aromatic N) is 3. The molecule has 1 aliphatic carbocycles. The molecule has 0 unspecified atom stereocenters. The van der Waals surface area contributed by atoms with Crippen molar-refractivity contribution in [3.8, 4) is 0 Å². The third-order valence-electron chi connectivity index (χ3n) is 4.92. The second-order valence-corrected chi connectivity index (χ2v) is 6.88. The highest BCUT2D eigenvalue weighted by atomic mass is 16.2. The van der Waals surface area contributed by atoms with Crippen LogP contribution in [0.5, 0.6) is 0 Å². The molecule has 7 nitrogen and oxygen atoms in total. The van der Waals surface area contributed by atoms with Gasteiger partial charge in [-0.05, 0) is 19.8 Å². The molecule has 0 aromatic carbocycles. The van der Waals surface area contributed by atoms with Gasteiger partial charge in [-0.1, -0.05) is 19.3 Å². The maximum Gasteiger partial charge on any atom is 0.257 e. The lowest BCUT2D eigenvalue weighted by Crippen LogP contribution is -2.52. The average molecular weight is 333 g/mol. The van der Waals surface area contributed by atoms with Crippen LogP contribution in [0.1, 0.15) is 49.4 Å². The van der Waals surface area contributed by atoms with E-state index >= 15 is 0 Å². The van der Waals surface area contributed by atoms with Crippen molar-refractivity contribution < 1.29 is 9.59 Å². The van der Waals surface area contributed by atoms with Crippen molar-refractivity contribution >= 4 is 11.8 Å². The number of aromatic nitrogens is 2. The number of hydrogen-bond acceptors (Lipinski definition) is 4. The normalized spacial score (nSPS) is 22.4. The monoisotopic (exact) mass is 333 g/mol. The second-order valence-electron chi connectivity index (χ2n) is 6.88. The first-order valence-corrected chi connectivity index (χ1v) is 8.97. The van der Waals surface area contributed by atoms with Crippen molar-refractivity contribution in [2.45, 2.75) is 57.7 Å². The first kappa shape index (κ1) is 17.0. The van der Waals surface area contributed by atoms with Crippen LogP contribution in [0.3, 0.4) is 0 Å². The molecule has 1 saturated heterocycles. The van der Waals surface area contributed by atoms with Crippen LogP contribution in [0, 0.1) is 0 Å². The molecule has 7 heteroatoms. The summed E-state index contributed by atoms with van der Waals surface area (Å²) in [6.07, 6.45) is 9.01. The highest BCUT2D eigenvalue weighted by Gasteiger charge is 2.25. The molecule has 2 heterocycles. The number of hydrogen-bond donors (Lipinski definition) is 2. The van der Waals surface area contributed by atoms with E-state index in [1.54, 1.807) is 17.1 Å². The van der Waals surface area contributed by atoms with Gasteiger partial charge >= 0.3 is 0 Å². The fourth-order valence-electron chi connectivity index (χ4n) is 3.54. The predicted octanol–water partition coefficient (Wildman–Crippen LogP) is 0.766. The quantitative estimate of drug-likeness (QED) is 0.853. The van der Waals surface area contributed by atoms with Gasteiger partial charge < -0.3 is 15.5 Å². The van der Waals surface area contributed by atoms with E-state index < -0.39 is 0 Å². The van der Waals surface area contributed by atoms with E-state index in [0.29, 0.717) is 18.2 Å². The standard InChI is InChI=1S/C17H27N5O2/c1-13-9-18-7-8-22(13)17(24)14-10-19-21(11-14)12-16(23)20-15-5-3-2-4-6-15/h10-11,13,15,18H,2-9,12H2,1H3,(H,20,23)/t13-/m1/s1. The molecule has 1 aromatic rings. The van der Waals surface area contributed by atoms with Crippen molar-refractivity contribution in [2.24, 2.45) is 0 Å². The highest BCUT2D eigenvalue weighted by molar-refractivity contribution is 5.94. The van der Waals surface area contributed by atoms with Crippen molar-refractivity contribution in [2.75, 3.05) is 19.6 Å². The van der Waals surface area contributed by atoms with Crippen LogP contribution in [-0.4, -0.2) is 58.2 Å². The third kappa shape index (κ3) is 4.14. The summed E-state index contributed by atoms with van der Waals surface area (Å²) in [5.74, 6) is -0.0394. The van der Waals surface area contributed by atoms with Crippen LogP contribution in [0.2, 0.25) is 0 Å². The Morgan fingerprint density at radius 1 is 1.33 bits per heavy atom. The van der Waals surface area contributed by atoms with Gasteiger partial charge in [0.2, 0.25) is 5.91 Å². The van der Waals surface area contributed by atoms with Crippen LogP contribution < -0.4 is 10.6 Å². The lowest BCUT2D eigenvalue weighted by Gasteiger charge is -2.33. The van der Waals surface area contributed by atoms with Crippen LogP contribution >= 0.6 is 0 Å². The number of piperazine rings is 1. The minimum atomic E-state index is -0.0282. The maximum absolute atomic E-state index is 12.6. The number of carbonyl (C=O) groups is 2. The van der Waals surface area contributed by atoms with Crippen molar-refractivity contribution in [3.63, 3.8) is 0 Å². The van der Waals surface area contributed by atoms with Gasteiger partial charge in [-0.3, -0.25) is 14.3 Å². The molecule has 1 aromatic heterocycles. The molecule has 2 fully saturated rings. The lowest BCUT2D eigenvalue weighted by atomic mass is 9.95. The van der Waals surface area contributed by atoms with Gasteiger partial charge in [0.25, 0.3) is 5.91 Å². The van der Waals surface area contributed by atoms with Crippen LogP contribution in [0.25, 0.3) is 0 Å². The Labute approximate surface area is 142 Å². The van der Waals surface area contributed by atoms with Crippen molar-refractivity contribution in [1.82, 2.24) is 25.3 Å². The molecule has 2 aliphatic rings. The van der Waals surface area contributed by atoms with Gasteiger partial charge in [0.05, 0.1) is 11.8 Å². The number of rotatable bonds is 4. The first-order chi connectivity index (χ1) is 11.6. The maximum atomic E-state index is 12.6. The van der Waals surface area contributed by atoms with Crippen LogP contribution in [-0.2, 0) is 11.3 Å². The van der Waals surface area contributed by atoms with Crippen molar-refractivity contribution in [3.05, 3.63) is 18.0 Å². The molecule has 0 radical (unpaired) electrons. The summed E-state index contributed by atoms with van der Waals surface area (Å²) in [7, 11) is 0. The van der Waals surface area contributed by atoms with Gasteiger partial charge in [-0.2, -0.15) is 5.10 Å². The molecular weight excluding hydrogens is 306 g/mol. The number of carbonyl (C=O) groups excluding carboxylic acids is 2. The summed E-state index contributed by atoms with van der Waals surface area (Å²) >= 11 is 0. The number of nitrogens with one attached hydrogen (secondary N) is 2. The van der Waals surface area contributed by atoms with E-state index in [1.165, 1.54) is 19.3 Å². The Morgan fingerprint density at radius 2 is 2.12 bits per heavy atom. The molecule has 1 aliphatic heterocycles. The summed E-state index contributed by atoms with van der Waals surface area (Å²) in [6.45, 7) is 4.53. The van der Waals surface area contributed by atoms with E-state index in [9.17, 15) is 9.59 Å². The van der Waals surface area contributed by atoms with E-state index in [1.807, 2.05) is 11.8 Å². The SMILES string of the molecule is C[C@@H]1CNCCN1C(=O)c1cnn(CC(=O)NC2CCCCC2)c1. The fourth-order valence-corrected chi connectivity index (χ4v) is 3.54. The minimum absolute atomic E-state index is 0.0112. The summed E-state index contributed by atoms with van der Waals surface area (Å²) in [6, 6.07) is 0.466. The summed E-state index contributed by atoms with van der Waals surface area (Å²) in [4.78, 5) is 26.6. The predicted molar refractivity (Wildman–Crippen MR) is 90.6 cm³/mol. The fraction of sp³-hybridized carbons (Fsp3) is 0.706. The second kappa shape index (κ2) is 7.79. The Bertz CT molecular complexity index is 579. The van der Waals surface area contributed by atoms with E-state index in [-0.39, 0.29) is 24.4 Å². The summed E-state index contributed by atoms with van der Waals surface area (Å²) < 4.78 is 1.55. The Balaban J connectivity index is 1.54. The first-order valence-electron chi connectivity index (χ1n) is 8.97. The van der Waals surface area contributed by atoms with Gasteiger partial charge in [-0.15, -0.1) is 0 Å². The Morgan fingerprint density at radius 3 is 2.88 bits per heavy atom. The molecule has 24 heavy (non-hydrogen) atoms. The zero-order valence-electron chi connectivity index (χ0n) is 14.3. The number of amides is 2.